The molecule has 10 heteroatoms. The van der Waals surface area contributed by atoms with E-state index < -0.39 is 12.0 Å². The summed E-state index contributed by atoms with van der Waals surface area (Å²) in [6, 6.07) is 10.7. The number of carbonyl (C=O) groups excluding carboxylic acids is 1. The normalized spacial score (nSPS) is 15.9. The number of phenolic OH excluding ortho intramolecular Hbond substituents is 1. The van der Waals surface area contributed by atoms with Gasteiger partial charge in [0.05, 0.1) is 31.5 Å². The Morgan fingerprint density at radius 3 is 2.63 bits per heavy atom. The summed E-state index contributed by atoms with van der Waals surface area (Å²) >= 11 is 8.33. The lowest BCUT2D eigenvalue weighted by molar-refractivity contribution is -0.143. The van der Waals surface area contributed by atoms with Crippen LogP contribution in [0.15, 0.2) is 66.8 Å². The minimum Gasteiger partial charge on any atom is -0.506 e. The Hall–Kier alpha value is -1.89. The van der Waals surface area contributed by atoms with Gasteiger partial charge in [-0.3, -0.25) is 9.36 Å². The van der Waals surface area contributed by atoms with Gasteiger partial charge in [-0.1, -0.05) is 39.4 Å². The van der Waals surface area contributed by atoms with Crippen LogP contribution in [0.2, 0.25) is 0 Å². The molecule has 182 valence electrons. The quantitative estimate of drug-likeness (QED) is 0.233. The maximum atomic E-state index is 13.7. The van der Waals surface area contributed by atoms with E-state index in [2.05, 4.69) is 20.9 Å². The van der Waals surface area contributed by atoms with Crippen LogP contribution >= 0.6 is 61.6 Å². The summed E-state index contributed by atoms with van der Waals surface area (Å²) in [5.41, 5.74) is 1.88. The third-order valence-corrected chi connectivity index (χ3v) is 8.37. The van der Waals surface area contributed by atoms with Gasteiger partial charge in [0, 0.05) is 14.9 Å². The Bertz CT molecular complexity index is 1520. The van der Waals surface area contributed by atoms with Crippen LogP contribution in [0, 0.1) is 3.57 Å². The van der Waals surface area contributed by atoms with Gasteiger partial charge in [-0.2, -0.15) is 0 Å². The highest BCUT2D eigenvalue weighted by atomic mass is 127. The van der Waals surface area contributed by atoms with Crippen LogP contribution in [0.4, 0.5) is 0 Å². The molecule has 1 aliphatic rings. The molecular formula is C25H22BrIN2O4S2. The van der Waals surface area contributed by atoms with Crippen molar-refractivity contribution in [1.82, 2.24) is 4.57 Å². The zero-order chi connectivity index (χ0) is 25.4. The maximum Gasteiger partial charge on any atom is 0.338 e. The topological polar surface area (TPSA) is 80.9 Å². The van der Waals surface area contributed by atoms with E-state index in [-0.39, 0.29) is 17.4 Å². The zero-order valence-electron chi connectivity index (χ0n) is 19.3. The first-order valence-corrected chi connectivity index (χ1v) is 14.6. The SMILES string of the molecule is CSc1ccc([C@@H]2C(C(=O)OC(C)C)=C(C)N=c3s/c(=C\c4cc(Br)cc(I)c4O)c(=O)n32)cc1. The molecule has 1 aromatic heterocycles. The first-order valence-electron chi connectivity index (χ1n) is 10.7. The van der Waals surface area contributed by atoms with Crippen LogP contribution in [0.5, 0.6) is 5.75 Å². The van der Waals surface area contributed by atoms with Gasteiger partial charge in [-0.15, -0.1) is 11.8 Å². The molecule has 0 spiro atoms. The number of phenols is 1. The third-order valence-electron chi connectivity index (χ3n) is 5.36. The van der Waals surface area contributed by atoms with Crippen molar-refractivity contribution in [3.63, 3.8) is 0 Å². The van der Waals surface area contributed by atoms with Gasteiger partial charge in [0.25, 0.3) is 5.56 Å². The third kappa shape index (κ3) is 5.30. The van der Waals surface area contributed by atoms with Crippen LogP contribution in [0.25, 0.3) is 6.08 Å². The monoisotopic (exact) mass is 684 g/mol. The number of aromatic hydroxyl groups is 1. The number of hydrogen-bond donors (Lipinski definition) is 1. The highest BCUT2D eigenvalue weighted by Gasteiger charge is 2.33. The lowest BCUT2D eigenvalue weighted by Crippen LogP contribution is -2.40. The molecule has 0 aliphatic carbocycles. The van der Waals surface area contributed by atoms with Crippen molar-refractivity contribution >= 4 is 73.7 Å². The van der Waals surface area contributed by atoms with Gasteiger partial charge >= 0.3 is 5.97 Å². The summed E-state index contributed by atoms with van der Waals surface area (Å²) in [7, 11) is 0. The van der Waals surface area contributed by atoms with Crippen LogP contribution in [0.3, 0.4) is 0 Å². The molecule has 1 N–H and O–H groups in total. The standard InChI is InChI=1S/C25H22BrIN2O4S2/c1-12(2)33-24(32)20-13(3)28-25-29(21(20)14-5-7-17(34-4)8-6-14)23(31)19(35-25)10-15-9-16(26)11-18(27)22(15)30/h5-12,21,30H,1-4H3/b19-10-/t21-/m1/s1. The molecule has 4 rings (SSSR count). The molecule has 0 saturated heterocycles. The maximum absolute atomic E-state index is 13.7. The van der Waals surface area contributed by atoms with Crippen molar-refractivity contribution in [2.24, 2.45) is 4.99 Å². The van der Waals surface area contributed by atoms with Crippen molar-refractivity contribution in [2.45, 2.75) is 37.8 Å². The molecule has 6 nitrogen and oxygen atoms in total. The summed E-state index contributed by atoms with van der Waals surface area (Å²) in [5.74, 6) is -0.394. The molecule has 0 bridgehead atoms. The van der Waals surface area contributed by atoms with E-state index in [4.69, 9.17) is 4.74 Å². The molecule has 0 saturated carbocycles. The van der Waals surface area contributed by atoms with Gasteiger partial charge in [0.2, 0.25) is 0 Å². The van der Waals surface area contributed by atoms with Crippen molar-refractivity contribution in [3.05, 3.63) is 86.5 Å². The summed E-state index contributed by atoms with van der Waals surface area (Å²) in [6.07, 6.45) is 3.34. The Balaban J connectivity index is 1.96. The van der Waals surface area contributed by atoms with Crippen LogP contribution in [0.1, 0.15) is 37.9 Å². The van der Waals surface area contributed by atoms with Gasteiger partial charge in [-0.25, -0.2) is 9.79 Å². The predicted molar refractivity (Wildman–Crippen MR) is 152 cm³/mol. The van der Waals surface area contributed by atoms with E-state index in [1.807, 2.05) is 53.1 Å². The second-order valence-corrected chi connectivity index (χ2v) is 12.1. The lowest BCUT2D eigenvalue weighted by atomic mass is 9.96. The number of hydrogen-bond acceptors (Lipinski definition) is 7. The fourth-order valence-electron chi connectivity index (χ4n) is 3.80. The number of halogens is 2. The molecular weight excluding hydrogens is 663 g/mol. The number of aromatic nitrogens is 1. The molecule has 2 aromatic carbocycles. The highest BCUT2D eigenvalue weighted by molar-refractivity contribution is 14.1. The number of nitrogens with zero attached hydrogens (tertiary/aromatic N) is 2. The van der Waals surface area contributed by atoms with Crippen molar-refractivity contribution in [2.75, 3.05) is 6.26 Å². The predicted octanol–water partition coefficient (Wildman–Crippen LogP) is 4.98. The van der Waals surface area contributed by atoms with Crippen molar-refractivity contribution in [1.29, 1.82) is 0 Å². The number of rotatable bonds is 5. The van der Waals surface area contributed by atoms with Crippen molar-refractivity contribution in [3.8, 4) is 5.75 Å². The zero-order valence-corrected chi connectivity index (χ0v) is 24.7. The summed E-state index contributed by atoms with van der Waals surface area (Å²) in [6.45, 7) is 5.34. The Morgan fingerprint density at radius 2 is 2.00 bits per heavy atom. The lowest BCUT2D eigenvalue weighted by Gasteiger charge is -2.25. The Kier molecular flexibility index (Phi) is 7.94. The second-order valence-electron chi connectivity index (χ2n) is 8.13. The molecule has 0 radical (unpaired) electrons. The fourth-order valence-corrected chi connectivity index (χ4v) is 6.80. The van der Waals surface area contributed by atoms with E-state index in [1.165, 1.54) is 11.3 Å². The average Bonchev–Trinajstić information content (AvgIpc) is 3.10. The largest absolute Gasteiger partial charge is 0.506 e. The number of allylic oxidation sites excluding steroid dienone is 1. The van der Waals surface area contributed by atoms with Crippen LogP contribution in [-0.2, 0) is 9.53 Å². The number of carbonyl (C=O) groups is 1. The average molecular weight is 685 g/mol. The number of thiazole rings is 1. The molecule has 2 heterocycles. The number of ether oxygens (including phenoxy) is 1. The molecule has 1 aliphatic heterocycles. The van der Waals surface area contributed by atoms with Crippen molar-refractivity contribution < 1.29 is 14.6 Å². The molecule has 0 amide bonds. The van der Waals surface area contributed by atoms with Gasteiger partial charge in [-0.05, 0) is 85.5 Å². The molecule has 3 aromatic rings. The first-order chi connectivity index (χ1) is 16.6. The number of benzene rings is 2. The minimum atomic E-state index is -0.674. The van der Waals surface area contributed by atoms with Crippen LogP contribution in [-0.4, -0.2) is 28.0 Å². The van der Waals surface area contributed by atoms with E-state index in [0.29, 0.717) is 29.7 Å². The second kappa shape index (κ2) is 10.6. The van der Waals surface area contributed by atoms with E-state index in [9.17, 15) is 14.7 Å². The van der Waals surface area contributed by atoms with Gasteiger partial charge < -0.3 is 9.84 Å². The first kappa shape index (κ1) is 26.2. The van der Waals surface area contributed by atoms with E-state index >= 15 is 0 Å². The number of esters is 1. The minimum absolute atomic E-state index is 0.0984. The van der Waals surface area contributed by atoms with E-state index in [0.717, 1.165) is 14.9 Å². The smallest absolute Gasteiger partial charge is 0.338 e. The molecule has 1 atom stereocenters. The Labute approximate surface area is 232 Å². The fraction of sp³-hybridized carbons (Fsp3) is 0.240. The summed E-state index contributed by atoms with van der Waals surface area (Å²) < 4.78 is 8.95. The van der Waals surface area contributed by atoms with Crippen LogP contribution < -0.4 is 14.9 Å². The van der Waals surface area contributed by atoms with E-state index in [1.54, 1.807) is 55.3 Å². The number of fused-ring (bicyclic) bond motifs is 1. The summed E-state index contributed by atoms with van der Waals surface area (Å²) in [4.78, 5) is 33.0. The van der Waals surface area contributed by atoms with Gasteiger partial charge in [0.1, 0.15) is 5.75 Å². The molecule has 0 fully saturated rings. The number of thioether (sulfide) groups is 1. The highest BCUT2D eigenvalue weighted by Crippen LogP contribution is 2.32. The van der Waals surface area contributed by atoms with Gasteiger partial charge in [0.15, 0.2) is 4.80 Å². The Morgan fingerprint density at radius 1 is 1.31 bits per heavy atom. The molecule has 35 heavy (non-hydrogen) atoms. The summed E-state index contributed by atoms with van der Waals surface area (Å²) in [5, 5.41) is 10.5. The molecule has 0 unspecified atom stereocenters.